The Bertz CT molecular complexity index is 1910. The average molecular weight is 531 g/mol. The smallest absolute Gasteiger partial charge is 0.172 e. The molecule has 4 heteroatoms. The zero-order valence-corrected chi connectivity index (χ0v) is 23.5. The number of hydrogen-bond acceptors (Lipinski definition) is 2. The van der Waals surface area contributed by atoms with Crippen LogP contribution >= 0.6 is 14.3 Å². The van der Waals surface area contributed by atoms with Crippen LogP contribution in [0.25, 0.3) is 21.7 Å². The van der Waals surface area contributed by atoms with Crippen LogP contribution in [0.3, 0.4) is 0 Å². The minimum Gasteiger partial charge on any atom is -0.313 e. The molecule has 2 unspecified atom stereocenters. The molecule has 2 aliphatic heterocycles. The van der Waals surface area contributed by atoms with Crippen molar-refractivity contribution in [3.8, 4) is 0 Å². The maximum absolute atomic E-state index is 15.8. The molecule has 0 radical (unpaired) electrons. The summed E-state index contributed by atoms with van der Waals surface area (Å²) in [6.07, 6.45) is 0. The van der Waals surface area contributed by atoms with E-state index < -0.39 is 19.4 Å². The van der Waals surface area contributed by atoms with Crippen molar-refractivity contribution in [2.45, 2.75) is 25.9 Å². The number of hydrogen-bond donors (Lipinski definition) is 0. The Morgan fingerprint density at radius 2 is 1.16 bits per heavy atom. The second-order valence-electron chi connectivity index (χ2n) is 11.2. The van der Waals surface area contributed by atoms with Crippen molar-refractivity contribution in [3.63, 3.8) is 0 Å². The third-order valence-corrected chi connectivity index (χ3v) is 15.3. The lowest BCUT2D eigenvalue weighted by atomic mass is 9.91. The van der Waals surface area contributed by atoms with Crippen LogP contribution in [0, 0.1) is 0 Å². The van der Waals surface area contributed by atoms with E-state index >= 15 is 9.13 Å². The lowest BCUT2D eigenvalue weighted by Gasteiger charge is -2.34. The molecule has 2 heterocycles. The predicted molar refractivity (Wildman–Crippen MR) is 163 cm³/mol. The molecular formula is C34H28O2P2. The second-order valence-corrected chi connectivity index (χ2v) is 17.4. The summed E-state index contributed by atoms with van der Waals surface area (Å²) in [6, 6.07) is 38.4. The van der Waals surface area contributed by atoms with Crippen molar-refractivity contribution in [2.75, 3.05) is 0 Å². The largest absolute Gasteiger partial charge is 0.313 e. The van der Waals surface area contributed by atoms with Crippen LogP contribution in [0.1, 0.15) is 37.5 Å². The number of rotatable bonds is 1. The van der Waals surface area contributed by atoms with Crippen molar-refractivity contribution in [1.29, 1.82) is 0 Å². The summed E-state index contributed by atoms with van der Waals surface area (Å²) in [5.74, 6) is 0. The van der Waals surface area contributed by atoms with E-state index in [1.807, 2.05) is 84.9 Å². The highest BCUT2D eigenvalue weighted by Gasteiger charge is 2.51. The Balaban J connectivity index is 1.79. The minimum atomic E-state index is -3.29. The van der Waals surface area contributed by atoms with E-state index in [0.29, 0.717) is 0 Å². The van der Waals surface area contributed by atoms with Gasteiger partial charge < -0.3 is 9.13 Å². The molecule has 2 aliphatic rings. The van der Waals surface area contributed by atoms with Gasteiger partial charge in [-0.05, 0) is 28.0 Å². The molecule has 186 valence electrons. The highest BCUT2D eigenvalue weighted by Crippen LogP contribution is 2.69. The first kappa shape index (κ1) is 23.7. The van der Waals surface area contributed by atoms with Gasteiger partial charge in [0.15, 0.2) is 7.14 Å². The van der Waals surface area contributed by atoms with Crippen LogP contribution in [0.4, 0.5) is 0 Å². The van der Waals surface area contributed by atoms with Crippen LogP contribution in [0.5, 0.6) is 0 Å². The van der Waals surface area contributed by atoms with Crippen LogP contribution in [0.2, 0.25) is 0 Å². The zero-order chi connectivity index (χ0) is 26.3. The molecule has 5 aromatic rings. The lowest BCUT2D eigenvalue weighted by molar-refractivity contribution is 0.564. The van der Waals surface area contributed by atoms with Gasteiger partial charge in [-0.25, -0.2) is 0 Å². The molecule has 0 saturated carbocycles. The second kappa shape index (κ2) is 8.03. The summed E-state index contributed by atoms with van der Waals surface area (Å²) in [6.45, 7) is 6.22. The Morgan fingerprint density at radius 3 is 1.89 bits per heavy atom. The molecule has 0 spiro atoms. The minimum absolute atomic E-state index is 0.545. The van der Waals surface area contributed by atoms with E-state index in [1.165, 1.54) is 0 Å². The molecule has 2 atom stereocenters. The van der Waals surface area contributed by atoms with E-state index in [0.717, 1.165) is 59.6 Å². The fourth-order valence-corrected chi connectivity index (χ4v) is 13.1. The zero-order valence-electron chi connectivity index (χ0n) is 21.7. The van der Waals surface area contributed by atoms with Crippen molar-refractivity contribution >= 4 is 57.2 Å². The van der Waals surface area contributed by atoms with Gasteiger partial charge in [-0.2, -0.15) is 0 Å². The summed E-state index contributed by atoms with van der Waals surface area (Å²) >= 11 is 0. The topological polar surface area (TPSA) is 34.1 Å². The summed E-state index contributed by atoms with van der Waals surface area (Å²) in [5.41, 5.74) is 3.76. The fraction of sp³-hybridized carbons (Fsp3) is 0.118. The van der Waals surface area contributed by atoms with E-state index in [9.17, 15) is 0 Å². The standard InChI is InChI=1S/C34H28O2P2/c1-34(2,3)38(36)29-20-12-10-18-27(29)33-32(31-25-16-8-7-13-23(25)21-22-30(31)38)26-17-9-11-19-28(26)37(33,35)24-14-5-4-6-15-24/h4-22H,1-3H3. The highest BCUT2D eigenvalue weighted by atomic mass is 31.2. The van der Waals surface area contributed by atoms with Gasteiger partial charge in [0.25, 0.3) is 0 Å². The third-order valence-electron chi connectivity index (χ3n) is 8.12. The molecule has 0 bridgehead atoms. The SMILES string of the molecule is CC(C)(C)P1(=O)c2ccccc2C2=C(c3ccccc3P2(=O)c2ccccc2)c2c1ccc1ccccc21. The van der Waals surface area contributed by atoms with Crippen LogP contribution in [-0.2, 0) is 9.13 Å². The van der Waals surface area contributed by atoms with Crippen molar-refractivity contribution < 1.29 is 9.13 Å². The first-order chi connectivity index (χ1) is 18.3. The molecule has 0 fully saturated rings. The number of benzene rings is 5. The fourth-order valence-electron chi connectivity index (χ4n) is 6.41. The van der Waals surface area contributed by atoms with E-state index in [1.54, 1.807) is 0 Å². The van der Waals surface area contributed by atoms with Gasteiger partial charge in [0, 0.05) is 42.8 Å². The summed E-state index contributed by atoms with van der Waals surface area (Å²) in [5, 5.41) is 5.74. The molecule has 0 aromatic heterocycles. The molecule has 2 nitrogen and oxygen atoms in total. The normalized spacial score (nSPS) is 21.9. The van der Waals surface area contributed by atoms with Crippen molar-refractivity contribution in [1.82, 2.24) is 0 Å². The highest BCUT2D eigenvalue weighted by molar-refractivity contribution is 7.89. The quantitative estimate of drug-likeness (QED) is 0.210. The maximum atomic E-state index is 15.8. The van der Waals surface area contributed by atoms with Crippen molar-refractivity contribution in [3.05, 3.63) is 132 Å². The summed E-state index contributed by atoms with van der Waals surface area (Å²) in [4.78, 5) is 0. The first-order valence-corrected chi connectivity index (χ1v) is 16.4. The predicted octanol–water partition coefficient (Wildman–Crippen LogP) is 7.51. The first-order valence-electron chi connectivity index (χ1n) is 13.0. The molecule has 0 saturated heterocycles. The van der Waals surface area contributed by atoms with Gasteiger partial charge in [0.2, 0.25) is 0 Å². The summed E-state index contributed by atoms with van der Waals surface area (Å²) in [7, 11) is -6.49. The van der Waals surface area contributed by atoms with Gasteiger partial charge in [-0.3, -0.25) is 0 Å². The molecule has 0 amide bonds. The molecule has 0 aliphatic carbocycles. The van der Waals surface area contributed by atoms with Gasteiger partial charge >= 0.3 is 0 Å². The Hall–Kier alpha value is -3.44. The van der Waals surface area contributed by atoms with E-state index in [4.69, 9.17) is 0 Å². The molecule has 38 heavy (non-hydrogen) atoms. The third kappa shape index (κ3) is 2.91. The molecule has 7 rings (SSSR count). The van der Waals surface area contributed by atoms with Crippen LogP contribution < -0.4 is 21.2 Å². The van der Waals surface area contributed by atoms with Crippen LogP contribution in [0.15, 0.2) is 115 Å². The Kier molecular flexibility index (Phi) is 5.00. The van der Waals surface area contributed by atoms with E-state index in [-0.39, 0.29) is 0 Å². The van der Waals surface area contributed by atoms with E-state index in [2.05, 4.69) is 51.1 Å². The monoisotopic (exact) mass is 530 g/mol. The average Bonchev–Trinajstić information content (AvgIpc) is 3.14. The maximum Gasteiger partial charge on any atom is 0.172 e. The number of fused-ring (bicyclic) bond motifs is 8. The molecular weight excluding hydrogens is 502 g/mol. The Morgan fingerprint density at radius 1 is 0.553 bits per heavy atom. The molecule has 5 aromatic carbocycles. The van der Waals surface area contributed by atoms with Gasteiger partial charge in [0.05, 0.1) is 0 Å². The van der Waals surface area contributed by atoms with Crippen molar-refractivity contribution in [2.24, 2.45) is 0 Å². The Labute approximate surface area is 223 Å². The van der Waals surface area contributed by atoms with Crippen LogP contribution in [-0.4, -0.2) is 5.16 Å². The lowest BCUT2D eigenvalue weighted by Crippen LogP contribution is -2.33. The van der Waals surface area contributed by atoms with Gasteiger partial charge in [-0.1, -0.05) is 130 Å². The van der Waals surface area contributed by atoms with Gasteiger partial charge in [0.1, 0.15) is 7.14 Å². The van der Waals surface area contributed by atoms with Gasteiger partial charge in [-0.15, -0.1) is 0 Å². The molecule has 0 N–H and O–H groups in total. The summed E-state index contributed by atoms with van der Waals surface area (Å²) < 4.78 is 31.5.